The molecule has 3 nitrogen and oxygen atoms in total. The lowest BCUT2D eigenvalue weighted by molar-refractivity contribution is 0.509. The molecule has 0 amide bonds. The summed E-state index contributed by atoms with van der Waals surface area (Å²) in [4.78, 5) is 0. The van der Waals surface area contributed by atoms with E-state index in [2.05, 4.69) is 5.10 Å². The molecule has 0 fully saturated rings. The van der Waals surface area contributed by atoms with Gasteiger partial charge in [0.15, 0.2) is 11.6 Å². The number of benzene rings is 1. The Labute approximate surface area is 91.5 Å². The average molecular weight is 223 g/mol. The third kappa shape index (κ3) is 1.69. The molecule has 1 heterocycles. The first-order valence-electron chi connectivity index (χ1n) is 4.80. The summed E-state index contributed by atoms with van der Waals surface area (Å²) < 4.78 is 27.5. The number of hydrogen-bond donors (Lipinski definition) is 1. The number of hydrogen-bond acceptors (Lipinski definition) is 2. The van der Waals surface area contributed by atoms with Crippen molar-refractivity contribution in [2.75, 3.05) is 0 Å². The first-order valence-corrected chi connectivity index (χ1v) is 4.80. The van der Waals surface area contributed by atoms with Gasteiger partial charge in [-0.3, -0.25) is 4.68 Å². The van der Waals surface area contributed by atoms with Crippen molar-refractivity contribution >= 4 is 0 Å². The van der Waals surface area contributed by atoms with Crippen LogP contribution in [0.1, 0.15) is 5.69 Å². The molecule has 84 valence electrons. The van der Waals surface area contributed by atoms with Gasteiger partial charge in [-0.2, -0.15) is 5.10 Å². The van der Waals surface area contributed by atoms with Crippen LogP contribution in [0.2, 0.25) is 0 Å². The van der Waals surface area contributed by atoms with Crippen LogP contribution in [-0.4, -0.2) is 9.78 Å². The van der Waals surface area contributed by atoms with Crippen molar-refractivity contribution in [2.45, 2.75) is 6.54 Å². The fourth-order valence-electron chi connectivity index (χ4n) is 1.61. The molecule has 0 aliphatic heterocycles. The van der Waals surface area contributed by atoms with Crippen LogP contribution in [0.15, 0.2) is 24.4 Å². The molecule has 0 aliphatic rings. The highest BCUT2D eigenvalue weighted by atomic mass is 19.2. The maximum absolute atomic E-state index is 13.1. The van der Waals surface area contributed by atoms with E-state index in [9.17, 15) is 8.78 Å². The maximum atomic E-state index is 13.1. The molecular weight excluding hydrogens is 212 g/mol. The van der Waals surface area contributed by atoms with Crippen molar-refractivity contribution in [1.82, 2.24) is 9.78 Å². The second-order valence-electron chi connectivity index (χ2n) is 3.46. The van der Waals surface area contributed by atoms with Gasteiger partial charge in [0.25, 0.3) is 0 Å². The normalized spacial score (nSPS) is 10.8. The van der Waals surface area contributed by atoms with Gasteiger partial charge in [0.05, 0.1) is 11.9 Å². The van der Waals surface area contributed by atoms with E-state index in [-0.39, 0.29) is 0 Å². The largest absolute Gasteiger partial charge is 0.325 e. The van der Waals surface area contributed by atoms with Crippen LogP contribution in [0.25, 0.3) is 11.1 Å². The van der Waals surface area contributed by atoms with E-state index >= 15 is 0 Å². The molecule has 2 N–H and O–H groups in total. The molecule has 0 bridgehead atoms. The van der Waals surface area contributed by atoms with Gasteiger partial charge in [0.2, 0.25) is 0 Å². The molecule has 0 unspecified atom stereocenters. The van der Waals surface area contributed by atoms with Crippen LogP contribution < -0.4 is 5.73 Å². The summed E-state index contributed by atoms with van der Waals surface area (Å²) in [5.41, 5.74) is 7.66. The third-order valence-electron chi connectivity index (χ3n) is 2.49. The number of halogens is 2. The predicted octanol–water partition coefficient (Wildman–Crippen LogP) is 1.82. The SMILES string of the molecule is Cn1ncc(-c2ccc(F)c(F)c2)c1CN. The van der Waals surface area contributed by atoms with E-state index in [1.165, 1.54) is 6.07 Å². The van der Waals surface area contributed by atoms with Crippen molar-refractivity contribution in [1.29, 1.82) is 0 Å². The van der Waals surface area contributed by atoms with E-state index in [0.717, 1.165) is 23.4 Å². The van der Waals surface area contributed by atoms with Crippen LogP contribution >= 0.6 is 0 Å². The number of nitrogens with zero attached hydrogens (tertiary/aromatic N) is 2. The highest BCUT2D eigenvalue weighted by Gasteiger charge is 2.11. The van der Waals surface area contributed by atoms with E-state index in [1.807, 2.05) is 0 Å². The Morgan fingerprint density at radius 3 is 2.69 bits per heavy atom. The molecule has 0 saturated heterocycles. The Kier molecular flexibility index (Phi) is 2.70. The van der Waals surface area contributed by atoms with Crippen molar-refractivity contribution in [3.8, 4) is 11.1 Å². The molecule has 0 saturated carbocycles. The highest BCUT2D eigenvalue weighted by molar-refractivity contribution is 5.65. The van der Waals surface area contributed by atoms with Crippen LogP contribution in [0.5, 0.6) is 0 Å². The van der Waals surface area contributed by atoms with Crippen molar-refractivity contribution in [3.05, 3.63) is 41.7 Å². The summed E-state index contributed by atoms with van der Waals surface area (Å²) in [6.07, 6.45) is 1.59. The van der Waals surface area contributed by atoms with Gasteiger partial charge < -0.3 is 5.73 Å². The molecule has 0 aliphatic carbocycles. The van der Waals surface area contributed by atoms with Gasteiger partial charge >= 0.3 is 0 Å². The second kappa shape index (κ2) is 4.02. The summed E-state index contributed by atoms with van der Waals surface area (Å²) in [6.45, 7) is 0.296. The van der Waals surface area contributed by atoms with Crippen LogP contribution in [-0.2, 0) is 13.6 Å². The van der Waals surface area contributed by atoms with Gasteiger partial charge in [-0.05, 0) is 17.7 Å². The van der Waals surface area contributed by atoms with E-state index in [1.54, 1.807) is 17.9 Å². The molecule has 5 heteroatoms. The van der Waals surface area contributed by atoms with Crippen LogP contribution in [0.3, 0.4) is 0 Å². The van der Waals surface area contributed by atoms with Gasteiger partial charge in [-0.15, -0.1) is 0 Å². The Balaban J connectivity index is 2.54. The van der Waals surface area contributed by atoms with Crippen LogP contribution in [0, 0.1) is 11.6 Å². The van der Waals surface area contributed by atoms with E-state index in [0.29, 0.717) is 12.1 Å². The summed E-state index contributed by atoms with van der Waals surface area (Å²) in [7, 11) is 1.76. The fourth-order valence-corrected chi connectivity index (χ4v) is 1.61. The Hall–Kier alpha value is -1.75. The Morgan fingerprint density at radius 2 is 2.06 bits per heavy atom. The number of rotatable bonds is 2. The Bertz CT molecular complexity index is 520. The van der Waals surface area contributed by atoms with Crippen LogP contribution in [0.4, 0.5) is 8.78 Å². The minimum Gasteiger partial charge on any atom is -0.325 e. The molecule has 0 atom stereocenters. The molecule has 16 heavy (non-hydrogen) atoms. The van der Waals surface area contributed by atoms with E-state index in [4.69, 9.17) is 5.73 Å². The summed E-state index contributed by atoms with van der Waals surface area (Å²) >= 11 is 0. The fraction of sp³-hybridized carbons (Fsp3) is 0.182. The smallest absolute Gasteiger partial charge is 0.159 e. The van der Waals surface area contributed by atoms with Crippen molar-refractivity contribution in [3.63, 3.8) is 0 Å². The summed E-state index contributed by atoms with van der Waals surface area (Å²) in [6, 6.07) is 3.75. The van der Waals surface area contributed by atoms with Gasteiger partial charge in [-0.25, -0.2) is 8.78 Å². The lowest BCUT2D eigenvalue weighted by atomic mass is 10.1. The maximum Gasteiger partial charge on any atom is 0.159 e. The zero-order valence-corrected chi connectivity index (χ0v) is 8.74. The molecular formula is C11H11F2N3. The predicted molar refractivity (Wildman–Crippen MR) is 56.5 cm³/mol. The summed E-state index contributed by atoms with van der Waals surface area (Å²) in [5.74, 6) is -1.73. The molecule has 0 radical (unpaired) electrons. The number of nitrogens with two attached hydrogens (primary N) is 1. The number of aryl methyl sites for hydroxylation is 1. The zero-order valence-electron chi connectivity index (χ0n) is 8.74. The standard InChI is InChI=1S/C11H11F2N3/c1-16-11(5-14)8(6-15-16)7-2-3-9(12)10(13)4-7/h2-4,6H,5,14H2,1H3. The van der Waals surface area contributed by atoms with Gasteiger partial charge in [-0.1, -0.05) is 6.07 Å². The highest BCUT2D eigenvalue weighted by Crippen LogP contribution is 2.24. The monoisotopic (exact) mass is 223 g/mol. The lowest BCUT2D eigenvalue weighted by Crippen LogP contribution is -2.05. The molecule has 2 rings (SSSR count). The first-order chi connectivity index (χ1) is 7.63. The minimum atomic E-state index is -0.871. The van der Waals surface area contributed by atoms with Crippen molar-refractivity contribution in [2.24, 2.45) is 12.8 Å². The summed E-state index contributed by atoms with van der Waals surface area (Å²) in [5, 5.41) is 4.04. The van der Waals surface area contributed by atoms with Gasteiger partial charge in [0.1, 0.15) is 0 Å². The topological polar surface area (TPSA) is 43.8 Å². The zero-order chi connectivity index (χ0) is 11.7. The molecule has 1 aromatic heterocycles. The third-order valence-corrected chi connectivity index (χ3v) is 2.49. The minimum absolute atomic E-state index is 0.296. The lowest BCUT2D eigenvalue weighted by Gasteiger charge is -2.04. The molecule has 2 aromatic rings. The quantitative estimate of drug-likeness (QED) is 0.844. The second-order valence-corrected chi connectivity index (χ2v) is 3.46. The molecule has 0 spiro atoms. The average Bonchev–Trinajstić information content (AvgIpc) is 2.63. The van der Waals surface area contributed by atoms with Crippen molar-refractivity contribution < 1.29 is 8.78 Å². The molecule has 1 aromatic carbocycles. The number of aromatic nitrogens is 2. The van der Waals surface area contributed by atoms with E-state index < -0.39 is 11.6 Å². The van der Waals surface area contributed by atoms with Gasteiger partial charge in [0, 0.05) is 19.2 Å². The first kappa shape index (κ1) is 10.8. The Morgan fingerprint density at radius 1 is 1.31 bits per heavy atom.